The normalized spacial score (nSPS) is 12.1. The van der Waals surface area contributed by atoms with Gasteiger partial charge in [0, 0.05) is 12.1 Å². The number of hydrogen-bond acceptors (Lipinski definition) is 2. The van der Waals surface area contributed by atoms with Crippen molar-refractivity contribution in [1.29, 1.82) is 0 Å². The van der Waals surface area contributed by atoms with Gasteiger partial charge < -0.3 is 0 Å². The molecule has 0 aliphatic rings. The van der Waals surface area contributed by atoms with Gasteiger partial charge in [0.25, 0.3) is 0 Å². The molecule has 0 aliphatic heterocycles. The molecule has 0 saturated carbocycles. The SMILES string of the molecule is CCCn1nc(C)c2c(C(F)(F)F)cc(-c3ccc(C)c(C)c3)nc21. The Morgan fingerprint density at radius 2 is 1.76 bits per heavy atom. The largest absolute Gasteiger partial charge is 0.417 e. The van der Waals surface area contributed by atoms with Crippen LogP contribution in [-0.2, 0) is 12.7 Å². The van der Waals surface area contributed by atoms with Crippen LogP contribution >= 0.6 is 0 Å². The standard InChI is InChI=1S/C19H20F3N3/c1-5-8-25-18-17(13(4)24-25)15(19(20,21)22)10-16(23-18)14-7-6-11(2)12(3)9-14/h6-7,9-10H,5,8H2,1-4H3. The van der Waals surface area contributed by atoms with Crippen molar-refractivity contribution < 1.29 is 13.2 Å². The minimum atomic E-state index is -4.46. The quantitative estimate of drug-likeness (QED) is 0.630. The van der Waals surface area contributed by atoms with Gasteiger partial charge >= 0.3 is 6.18 Å². The van der Waals surface area contributed by atoms with Crippen molar-refractivity contribution in [2.75, 3.05) is 0 Å². The zero-order chi connectivity index (χ0) is 18.4. The lowest BCUT2D eigenvalue weighted by molar-refractivity contribution is -0.136. The van der Waals surface area contributed by atoms with Crippen LogP contribution in [-0.4, -0.2) is 14.8 Å². The number of alkyl halides is 3. The number of aryl methyl sites for hydroxylation is 4. The third kappa shape index (κ3) is 3.13. The summed E-state index contributed by atoms with van der Waals surface area (Å²) in [6.07, 6.45) is -3.69. The second-order valence-electron chi connectivity index (χ2n) is 6.36. The molecule has 0 aliphatic carbocycles. The lowest BCUT2D eigenvalue weighted by atomic mass is 10.0. The number of nitrogens with zero attached hydrogens (tertiary/aromatic N) is 3. The fraction of sp³-hybridized carbons (Fsp3) is 0.368. The first-order valence-corrected chi connectivity index (χ1v) is 8.25. The summed E-state index contributed by atoms with van der Waals surface area (Å²) in [5.41, 5.74) is 3.08. The third-order valence-electron chi connectivity index (χ3n) is 4.42. The molecular formula is C19H20F3N3. The van der Waals surface area contributed by atoms with Crippen LogP contribution in [0, 0.1) is 20.8 Å². The first-order chi connectivity index (χ1) is 11.7. The Morgan fingerprint density at radius 1 is 1.04 bits per heavy atom. The Morgan fingerprint density at radius 3 is 2.36 bits per heavy atom. The Hall–Kier alpha value is -2.37. The molecule has 132 valence electrons. The summed E-state index contributed by atoms with van der Waals surface area (Å²) in [5.74, 6) is 0. The van der Waals surface area contributed by atoms with Gasteiger partial charge in [0.15, 0.2) is 5.65 Å². The minimum Gasteiger partial charge on any atom is -0.247 e. The van der Waals surface area contributed by atoms with Gasteiger partial charge in [0.2, 0.25) is 0 Å². The average Bonchev–Trinajstić information content (AvgIpc) is 2.85. The van der Waals surface area contributed by atoms with Crippen molar-refractivity contribution in [3.8, 4) is 11.3 Å². The lowest BCUT2D eigenvalue weighted by Gasteiger charge is -2.12. The van der Waals surface area contributed by atoms with Gasteiger partial charge in [-0.15, -0.1) is 0 Å². The van der Waals surface area contributed by atoms with Crippen molar-refractivity contribution in [2.45, 2.75) is 46.8 Å². The van der Waals surface area contributed by atoms with E-state index in [0.717, 1.165) is 23.6 Å². The highest BCUT2D eigenvalue weighted by molar-refractivity contribution is 5.85. The monoisotopic (exact) mass is 347 g/mol. The smallest absolute Gasteiger partial charge is 0.247 e. The summed E-state index contributed by atoms with van der Waals surface area (Å²) in [5, 5.41) is 4.37. The van der Waals surface area contributed by atoms with E-state index < -0.39 is 11.7 Å². The fourth-order valence-corrected chi connectivity index (χ4v) is 2.99. The Balaban J connectivity index is 2.33. The Labute approximate surface area is 144 Å². The Bertz CT molecular complexity index is 939. The van der Waals surface area contributed by atoms with Crippen LogP contribution in [0.1, 0.15) is 35.7 Å². The molecule has 0 radical (unpaired) electrons. The van der Waals surface area contributed by atoms with Crippen LogP contribution in [0.25, 0.3) is 22.3 Å². The van der Waals surface area contributed by atoms with Crippen molar-refractivity contribution in [3.63, 3.8) is 0 Å². The predicted octanol–water partition coefficient (Wildman–Crippen LogP) is 5.45. The molecule has 0 spiro atoms. The summed E-state index contributed by atoms with van der Waals surface area (Å²) < 4.78 is 42.6. The van der Waals surface area contributed by atoms with E-state index in [0.29, 0.717) is 29.1 Å². The Kier molecular flexibility index (Phi) is 4.31. The molecule has 0 N–H and O–H groups in total. The van der Waals surface area contributed by atoms with Gasteiger partial charge in [0.1, 0.15) is 0 Å². The molecule has 2 heterocycles. The molecule has 3 nitrogen and oxygen atoms in total. The predicted molar refractivity (Wildman–Crippen MR) is 92.5 cm³/mol. The minimum absolute atomic E-state index is 0.0912. The van der Waals surface area contributed by atoms with Crippen LogP contribution in [0.2, 0.25) is 0 Å². The van der Waals surface area contributed by atoms with E-state index >= 15 is 0 Å². The number of pyridine rings is 1. The zero-order valence-corrected chi connectivity index (χ0v) is 14.7. The van der Waals surface area contributed by atoms with Crippen LogP contribution in [0.5, 0.6) is 0 Å². The van der Waals surface area contributed by atoms with Gasteiger partial charge in [-0.1, -0.05) is 19.1 Å². The summed E-state index contributed by atoms with van der Waals surface area (Å²) >= 11 is 0. The van der Waals surface area contributed by atoms with Gasteiger partial charge in [0.05, 0.1) is 22.3 Å². The van der Waals surface area contributed by atoms with E-state index in [1.807, 2.05) is 39.0 Å². The number of rotatable bonds is 3. The molecule has 0 fully saturated rings. The van der Waals surface area contributed by atoms with E-state index in [1.54, 1.807) is 11.6 Å². The van der Waals surface area contributed by atoms with E-state index in [1.165, 1.54) is 0 Å². The van der Waals surface area contributed by atoms with Crippen molar-refractivity contribution in [1.82, 2.24) is 14.8 Å². The summed E-state index contributed by atoms with van der Waals surface area (Å²) in [7, 11) is 0. The maximum absolute atomic E-state index is 13.7. The summed E-state index contributed by atoms with van der Waals surface area (Å²) in [4.78, 5) is 4.53. The first kappa shape index (κ1) is 17.5. The topological polar surface area (TPSA) is 30.7 Å². The number of halogens is 3. The van der Waals surface area contributed by atoms with Crippen LogP contribution in [0.3, 0.4) is 0 Å². The van der Waals surface area contributed by atoms with E-state index in [-0.39, 0.29) is 5.39 Å². The second-order valence-corrected chi connectivity index (χ2v) is 6.36. The van der Waals surface area contributed by atoms with Gasteiger partial charge in [-0.25, -0.2) is 9.67 Å². The van der Waals surface area contributed by atoms with E-state index in [4.69, 9.17) is 0 Å². The number of hydrogen-bond donors (Lipinski definition) is 0. The van der Waals surface area contributed by atoms with Crippen molar-refractivity contribution in [2.24, 2.45) is 0 Å². The molecule has 3 rings (SSSR count). The molecule has 0 bridgehead atoms. The number of benzene rings is 1. The van der Waals surface area contributed by atoms with Gasteiger partial charge in [-0.3, -0.25) is 0 Å². The third-order valence-corrected chi connectivity index (χ3v) is 4.42. The highest BCUT2D eigenvalue weighted by Gasteiger charge is 2.35. The van der Waals surface area contributed by atoms with E-state index in [2.05, 4.69) is 10.1 Å². The highest BCUT2D eigenvalue weighted by Crippen LogP contribution is 2.38. The number of fused-ring (bicyclic) bond motifs is 1. The second kappa shape index (κ2) is 6.17. The van der Waals surface area contributed by atoms with E-state index in [9.17, 15) is 13.2 Å². The van der Waals surface area contributed by atoms with Gasteiger partial charge in [-0.05, 0) is 50.5 Å². The maximum Gasteiger partial charge on any atom is 0.417 e. The summed E-state index contributed by atoms with van der Waals surface area (Å²) in [6, 6.07) is 6.72. The highest BCUT2D eigenvalue weighted by atomic mass is 19.4. The molecule has 0 atom stereocenters. The van der Waals surface area contributed by atoms with Crippen molar-refractivity contribution >= 4 is 11.0 Å². The van der Waals surface area contributed by atoms with Crippen molar-refractivity contribution in [3.05, 3.63) is 46.6 Å². The average molecular weight is 347 g/mol. The summed E-state index contributed by atoms with van der Waals surface area (Å²) in [6.45, 7) is 8.00. The molecule has 0 unspecified atom stereocenters. The first-order valence-electron chi connectivity index (χ1n) is 8.25. The molecule has 3 aromatic rings. The molecule has 25 heavy (non-hydrogen) atoms. The molecule has 0 saturated heterocycles. The molecular weight excluding hydrogens is 327 g/mol. The zero-order valence-electron chi connectivity index (χ0n) is 14.7. The lowest BCUT2D eigenvalue weighted by Crippen LogP contribution is -2.08. The van der Waals surface area contributed by atoms with Crippen LogP contribution in [0.4, 0.5) is 13.2 Å². The van der Waals surface area contributed by atoms with Gasteiger partial charge in [-0.2, -0.15) is 18.3 Å². The fourth-order valence-electron chi connectivity index (χ4n) is 2.99. The van der Waals surface area contributed by atoms with Crippen LogP contribution in [0.15, 0.2) is 24.3 Å². The molecule has 2 aromatic heterocycles. The number of aromatic nitrogens is 3. The maximum atomic E-state index is 13.7. The molecule has 1 aromatic carbocycles. The molecule has 0 amide bonds. The molecule has 6 heteroatoms. The van der Waals surface area contributed by atoms with Crippen LogP contribution < -0.4 is 0 Å².